The lowest BCUT2D eigenvalue weighted by molar-refractivity contribution is -0.185. The lowest BCUT2D eigenvalue weighted by Gasteiger charge is -2.37. The fraction of sp³-hybridized carbons (Fsp3) is 0.833. The van der Waals surface area contributed by atoms with Crippen LogP contribution in [0.4, 0.5) is 0 Å². The van der Waals surface area contributed by atoms with Gasteiger partial charge in [0.05, 0.1) is 6.04 Å². The fourth-order valence-corrected chi connectivity index (χ4v) is 1.41. The molecule has 0 bridgehead atoms. The van der Waals surface area contributed by atoms with Crippen molar-refractivity contribution >= 4 is 18.6 Å². The molecule has 0 saturated carbocycles. The second-order valence-corrected chi connectivity index (χ2v) is 3.35. The van der Waals surface area contributed by atoms with E-state index in [2.05, 4.69) is 12.6 Å². The van der Waals surface area contributed by atoms with E-state index in [9.17, 15) is 15.0 Å². The summed E-state index contributed by atoms with van der Waals surface area (Å²) >= 11 is 3.83. The number of aliphatic hydroxyl groups excluding tert-OH is 2. The van der Waals surface area contributed by atoms with Crippen molar-refractivity contribution in [2.24, 2.45) is 5.73 Å². The summed E-state index contributed by atoms with van der Waals surface area (Å²) in [5.41, 5.74) is 4.48. The maximum Gasteiger partial charge on any atom is 0.335 e. The van der Waals surface area contributed by atoms with Crippen LogP contribution in [0, 0.1) is 0 Å². The summed E-state index contributed by atoms with van der Waals surface area (Å²) in [6.45, 7) is 0. The molecule has 1 aliphatic rings. The van der Waals surface area contributed by atoms with E-state index in [0.717, 1.165) is 0 Å². The van der Waals surface area contributed by atoms with Crippen molar-refractivity contribution in [1.82, 2.24) is 0 Å². The number of carboxylic acid groups (broad SMARTS) is 1. The van der Waals surface area contributed by atoms with Crippen molar-refractivity contribution in [2.45, 2.75) is 29.8 Å². The Morgan fingerprint density at radius 1 is 1.38 bits per heavy atom. The molecule has 76 valence electrons. The molecule has 0 aliphatic carbocycles. The Morgan fingerprint density at radius 3 is 2.38 bits per heavy atom. The van der Waals surface area contributed by atoms with Crippen molar-refractivity contribution in [2.75, 3.05) is 0 Å². The Balaban J connectivity index is 2.76. The molecule has 1 saturated heterocycles. The number of rotatable bonds is 1. The molecule has 6 nitrogen and oxygen atoms in total. The quantitative estimate of drug-likeness (QED) is 0.312. The number of thiol groups is 1. The van der Waals surface area contributed by atoms with Crippen LogP contribution in [0.3, 0.4) is 0 Å². The highest BCUT2D eigenvalue weighted by Gasteiger charge is 2.44. The second kappa shape index (κ2) is 3.81. The van der Waals surface area contributed by atoms with Gasteiger partial charge in [-0.05, 0) is 0 Å². The minimum atomic E-state index is -1.52. The second-order valence-electron chi connectivity index (χ2n) is 2.84. The average molecular weight is 209 g/mol. The van der Waals surface area contributed by atoms with Gasteiger partial charge in [-0.15, -0.1) is 12.6 Å². The zero-order valence-electron chi connectivity index (χ0n) is 6.57. The first-order valence-electron chi connectivity index (χ1n) is 3.63. The van der Waals surface area contributed by atoms with Crippen LogP contribution < -0.4 is 5.73 Å². The molecule has 13 heavy (non-hydrogen) atoms. The topological polar surface area (TPSA) is 113 Å². The minimum Gasteiger partial charge on any atom is -0.479 e. The van der Waals surface area contributed by atoms with Crippen molar-refractivity contribution in [1.29, 1.82) is 0 Å². The molecule has 0 aromatic heterocycles. The van der Waals surface area contributed by atoms with E-state index in [-0.39, 0.29) is 0 Å². The van der Waals surface area contributed by atoms with Gasteiger partial charge in [0.25, 0.3) is 0 Å². The number of aliphatic carboxylic acids is 1. The first kappa shape index (κ1) is 10.7. The predicted molar refractivity (Wildman–Crippen MR) is 45.3 cm³/mol. The Hall–Kier alpha value is -0.340. The van der Waals surface area contributed by atoms with Crippen LogP contribution in [-0.2, 0) is 9.53 Å². The van der Waals surface area contributed by atoms with Crippen LogP contribution in [-0.4, -0.2) is 51.1 Å². The van der Waals surface area contributed by atoms with Crippen LogP contribution in [0.2, 0.25) is 0 Å². The Kier molecular flexibility index (Phi) is 3.14. The summed E-state index contributed by atoms with van der Waals surface area (Å²) in [4.78, 5) is 10.5. The number of hydrogen-bond donors (Lipinski definition) is 5. The van der Waals surface area contributed by atoms with Gasteiger partial charge in [0.2, 0.25) is 0 Å². The van der Waals surface area contributed by atoms with E-state index < -0.39 is 35.8 Å². The largest absolute Gasteiger partial charge is 0.479 e. The van der Waals surface area contributed by atoms with Gasteiger partial charge in [-0.1, -0.05) is 0 Å². The lowest BCUT2D eigenvalue weighted by atomic mass is 9.99. The standard InChI is InChI=1S/C6H11NO5S/c7-1-2(8)3(9)4(5(10)11)12-6(1)13/h1-4,6,8-9,13H,7H2,(H,10,11). The highest BCUT2D eigenvalue weighted by Crippen LogP contribution is 2.21. The van der Waals surface area contributed by atoms with Gasteiger partial charge >= 0.3 is 5.97 Å². The number of carboxylic acids is 1. The van der Waals surface area contributed by atoms with Gasteiger partial charge in [0.15, 0.2) is 6.10 Å². The fourth-order valence-electron chi connectivity index (χ4n) is 1.10. The monoisotopic (exact) mass is 209 g/mol. The third-order valence-electron chi connectivity index (χ3n) is 1.91. The molecule has 0 amide bonds. The molecule has 1 rings (SSSR count). The maximum atomic E-state index is 10.5. The summed E-state index contributed by atoms with van der Waals surface area (Å²) in [6.07, 6.45) is -4.33. The van der Waals surface area contributed by atoms with Gasteiger partial charge < -0.3 is 25.8 Å². The van der Waals surface area contributed by atoms with Gasteiger partial charge in [-0.25, -0.2) is 4.79 Å². The number of aliphatic hydroxyl groups is 2. The summed E-state index contributed by atoms with van der Waals surface area (Å²) < 4.78 is 4.77. The number of hydrogen-bond acceptors (Lipinski definition) is 6. The molecule has 5 N–H and O–H groups in total. The number of carbonyl (C=O) groups is 1. The first-order chi connectivity index (χ1) is 5.95. The molecule has 1 aliphatic heterocycles. The third kappa shape index (κ3) is 1.94. The van der Waals surface area contributed by atoms with E-state index in [1.54, 1.807) is 0 Å². The molecule has 5 atom stereocenters. The predicted octanol–water partition coefficient (Wildman–Crippen LogP) is -2.23. The molecule has 0 radical (unpaired) electrons. The van der Waals surface area contributed by atoms with Crippen molar-refractivity contribution in [3.8, 4) is 0 Å². The molecule has 0 aromatic carbocycles. The molecule has 1 heterocycles. The summed E-state index contributed by atoms with van der Waals surface area (Å²) in [7, 11) is 0. The first-order valence-corrected chi connectivity index (χ1v) is 4.15. The maximum absolute atomic E-state index is 10.5. The normalized spacial score (nSPS) is 46.0. The van der Waals surface area contributed by atoms with Gasteiger partial charge in [-0.3, -0.25) is 0 Å². The molecule has 0 spiro atoms. The lowest BCUT2D eigenvalue weighted by Crippen LogP contribution is -2.61. The molecule has 0 aromatic rings. The van der Waals surface area contributed by atoms with Crippen LogP contribution in [0.5, 0.6) is 0 Å². The van der Waals surface area contributed by atoms with E-state index in [1.807, 2.05) is 0 Å². The van der Waals surface area contributed by atoms with Crippen LogP contribution in [0.1, 0.15) is 0 Å². The smallest absolute Gasteiger partial charge is 0.335 e. The number of ether oxygens (including phenoxy) is 1. The zero-order valence-corrected chi connectivity index (χ0v) is 7.46. The van der Waals surface area contributed by atoms with Crippen LogP contribution in [0.25, 0.3) is 0 Å². The average Bonchev–Trinajstić information content (AvgIpc) is 2.07. The van der Waals surface area contributed by atoms with Gasteiger partial charge in [0, 0.05) is 0 Å². The van der Waals surface area contributed by atoms with Crippen molar-refractivity contribution < 1.29 is 24.9 Å². The highest BCUT2D eigenvalue weighted by molar-refractivity contribution is 7.80. The molecular formula is C6H11NO5S. The van der Waals surface area contributed by atoms with E-state index in [0.29, 0.717) is 0 Å². The Labute approximate surface area is 79.7 Å². The summed E-state index contributed by atoms with van der Waals surface area (Å²) in [5, 5.41) is 27.1. The van der Waals surface area contributed by atoms with E-state index >= 15 is 0 Å². The van der Waals surface area contributed by atoms with Crippen LogP contribution in [0.15, 0.2) is 0 Å². The molecule has 1 fully saturated rings. The summed E-state index contributed by atoms with van der Waals surface area (Å²) in [5.74, 6) is -1.35. The Bertz CT molecular complexity index is 213. The van der Waals surface area contributed by atoms with Crippen molar-refractivity contribution in [3.05, 3.63) is 0 Å². The summed E-state index contributed by atoms with van der Waals surface area (Å²) in [6, 6.07) is -0.895. The van der Waals surface area contributed by atoms with Crippen molar-refractivity contribution in [3.63, 3.8) is 0 Å². The zero-order chi connectivity index (χ0) is 10.2. The van der Waals surface area contributed by atoms with Gasteiger partial charge in [0.1, 0.15) is 17.6 Å². The number of nitrogens with two attached hydrogens (primary N) is 1. The molecule has 7 heteroatoms. The van der Waals surface area contributed by atoms with E-state index in [4.69, 9.17) is 15.6 Å². The minimum absolute atomic E-state index is 0.889. The van der Waals surface area contributed by atoms with E-state index in [1.165, 1.54) is 0 Å². The highest BCUT2D eigenvalue weighted by atomic mass is 32.1. The molecular weight excluding hydrogens is 198 g/mol. The third-order valence-corrected chi connectivity index (χ3v) is 2.38. The SMILES string of the molecule is NC1C(S)OC(C(=O)O)C(O)C1O. The van der Waals surface area contributed by atoms with Gasteiger partial charge in [-0.2, -0.15) is 0 Å². The Morgan fingerprint density at radius 2 is 1.92 bits per heavy atom. The van der Waals surface area contributed by atoms with Crippen LogP contribution >= 0.6 is 12.6 Å². The molecule has 5 unspecified atom stereocenters.